The van der Waals surface area contributed by atoms with Crippen LogP contribution in [-0.2, 0) is 4.79 Å². The SMILES string of the molecule is CCCN1C(=O)C(C)NC1c1ccsc1. The summed E-state index contributed by atoms with van der Waals surface area (Å²) in [6, 6.07) is 2.03. The lowest BCUT2D eigenvalue weighted by Gasteiger charge is -2.22. The topological polar surface area (TPSA) is 32.3 Å². The van der Waals surface area contributed by atoms with E-state index < -0.39 is 0 Å². The highest BCUT2D eigenvalue weighted by atomic mass is 32.1. The number of hydrogen-bond donors (Lipinski definition) is 1. The molecule has 2 heterocycles. The van der Waals surface area contributed by atoms with E-state index in [2.05, 4.69) is 29.1 Å². The molecule has 1 aliphatic rings. The molecule has 1 aromatic rings. The molecular formula is C11H16N2OS. The summed E-state index contributed by atoms with van der Waals surface area (Å²) in [4.78, 5) is 13.8. The molecule has 0 spiro atoms. The van der Waals surface area contributed by atoms with Crippen LogP contribution in [0.3, 0.4) is 0 Å². The summed E-state index contributed by atoms with van der Waals surface area (Å²) >= 11 is 1.67. The number of nitrogens with one attached hydrogen (secondary N) is 1. The zero-order chi connectivity index (χ0) is 10.8. The number of amides is 1. The van der Waals surface area contributed by atoms with Crippen LogP contribution in [0.15, 0.2) is 16.8 Å². The molecule has 4 heteroatoms. The molecule has 0 aliphatic carbocycles. The zero-order valence-corrected chi connectivity index (χ0v) is 9.88. The van der Waals surface area contributed by atoms with Crippen molar-refractivity contribution in [2.75, 3.05) is 6.54 Å². The minimum atomic E-state index is -0.0542. The molecule has 1 amide bonds. The van der Waals surface area contributed by atoms with Crippen LogP contribution >= 0.6 is 11.3 Å². The Morgan fingerprint density at radius 2 is 2.40 bits per heavy atom. The van der Waals surface area contributed by atoms with Crippen molar-refractivity contribution in [2.45, 2.75) is 32.5 Å². The van der Waals surface area contributed by atoms with Crippen molar-refractivity contribution in [1.29, 1.82) is 0 Å². The molecule has 15 heavy (non-hydrogen) atoms. The van der Waals surface area contributed by atoms with Gasteiger partial charge in [0.05, 0.1) is 6.04 Å². The second-order valence-corrected chi connectivity index (χ2v) is 4.66. The predicted molar refractivity (Wildman–Crippen MR) is 61.7 cm³/mol. The summed E-state index contributed by atoms with van der Waals surface area (Å²) in [5.41, 5.74) is 1.20. The average molecular weight is 224 g/mol. The van der Waals surface area contributed by atoms with E-state index in [9.17, 15) is 4.79 Å². The third-order valence-corrected chi connectivity index (χ3v) is 3.40. The van der Waals surface area contributed by atoms with Gasteiger partial charge in [0.1, 0.15) is 6.17 Å². The van der Waals surface area contributed by atoms with Gasteiger partial charge in [-0.2, -0.15) is 11.3 Å². The van der Waals surface area contributed by atoms with Crippen LogP contribution in [-0.4, -0.2) is 23.4 Å². The Kier molecular flexibility index (Phi) is 3.07. The molecule has 0 radical (unpaired) electrons. The van der Waals surface area contributed by atoms with E-state index in [1.807, 2.05) is 11.8 Å². The summed E-state index contributed by atoms with van der Waals surface area (Å²) in [7, 11) is 0. The smallest absolute Gasteiger partial charge is 0.241 e. The minimum Gasteiger partial charge on any atom is -0.322 e. The van der Waals surface area contributed by atoms with Gasteiger partial charge in [-0.05, 0) is 35.7 Å². The van der Waals surface area contributed by atoms with Gasteiger partial charge in [-0.15, -0.1) is 0 Å². The van der Waals surface area contributed by atoms with E-state index in [-0.39, 0.29) is 18.1 Å². The van der Waals surface area contributed by atoms with Crippen molar-refractivity contribution < 1.29 is 4.79 Å². The Morgan fingerprint density at radius 3 is 3.00 bits per heavy atom. The Bertz CT molecular complexity index is 336. The Balaban J connectivity index is 2.20. The first-order chi connectivity index (χ1) is 7.24. The zero-order valence-electron chi connectivity index (χ0n) is 9.06. The standard InChI is InChI=1S/C11H16N2OS/c1-3-5-13-10(9-4-6-15-7-9)12-8(2)11(13)14/h4,6-8,10,12H,3,5H2,1-2H3. The fraction of sp³-hybridized carbons (Fsp3) is 0.545. The molecule has 1 fully saturated rings. The number of nitrogens with zero attached hydrogens (tertiary/aromatic N) is 1. The Hall–Kier alpha value is -0.870. The first-order valence-corrected chi connectivity index (χ1v) is 6.27. The van der Waals surface area contributed by atoms with E-state index >= 15 is 0 Å². The van der Waals surface area contributed by atoms with Crippen molar-refractivity contribution >= 4 is 17.2 Å². The van der Waals surface area contributed by atoms with Gasteiger partial charge in [0.2, 0.25) is 5.91 Å². The third kappa shape index (κ3) is 1.92. The molecule has 0 aromatic carbocycles. The van der Waals surface area contributed by atoms with Gasteiger partial charge < -0.3 is 4.90 Å². The normalized spacial score (nSPS) is 26.3. The molecule has 0 saturated carbocycles. The van der Waals surface area contributed by atoms with E-state index in [0.717, 1.165) is 13.0 Å². The second-order valence-electron chi connectivity index (χ2n) is 3.88. The lowest BCUT2D eigenvalue weighted by atomic mass is 10.2. The van der Waals surface area contributed by atoms with E-state index in [4.69, 9.17) is 0 Å². The van der Waals surface area contributed by atoms with Gasteiger partial charge in [-0.1, -0.05) is 6.92 Å². The molecule has 1 aromatic heterocycles. The highest BCUT2D eigenvalue weighted by molar-refractivity contribution is 7.07. The quantitative estimate of drug-likeness (QED) is 0.851. The minimum absolute atomic E-state index is 0.0542. The molecule has 2 atom stereocenters. The van der Waals surface area contributed by atoms with E-state index in [1.54, 1.807) is 11.3 Å². The summed E-state index contributed by atoms with van der Waals surface area (Å²) in [5, 5.41) is 7.48. The van der Waals surface area contributed by atoms with Gasteiger partial charge in [0.25, 0.3) is 0 Å². The first kappa shape index (κ1) is 10.6. The van der Waals surface area contributed by atoms with Crippen LogP contribution < -0.4 is 5.32 Å². The fourth-order valence-electron chi connectivity index (χ4n) is 1.96. The van der Waals surface area contributed by atoms with Crippen LogP contribution in [0.25, 0.3) is 0 Å². The molecule has 2 rings (SSSR count). The number of thiophene rings is 1. The van der Waals surface area contributed by atoms with E-state index in [1.165, 1.54) is 5.56 Å². The van der Waals surface area contributed by atoms with Crippen molar-refractivity contribution in [1.82, 2.24) is 10.2 Å². The van der Waals surface area contributed by atoms with Crippen LogP contribution in [0.4, 0.5) is 0 Å². The highest BCUT2D eigenvalue weighted by Gasteiger charge is 2.36. The number of carbonyl (C=O) groups excluding carboxylic acids is 1. The van der Waals surface area contributed by atoms with Crippen LogP contribution in [0, 0.1) is 0 Å². The highest BCUT2D eigenvalue weighted by Crippen LogP contribution is 2.26. The van der Waals surface area contributed by atoms with Gasteiger partial charge in [-0.25, -0.2) is 0 Å². The van der Waals surface area contributed by atoms with Crippen LogP contribution in [0.2, 0.25) is 0 Å². The van der Waals surface area contributed by atoms with Gasteiger partial charge in [0.15, 0.2) is 0 Å². The first-order valence-electron chi connectivity index (χ1n) is 5.32. The van der Waals surface area contributed by atoms with Crippen molar-refractivity contribution in [3.63, 3.8) is 0 Å². The number of rotatable bonds is 3. The molecule has 2 unspecified atom stereocenters. The molecule has 1 aliphatic heterocycles. The van der Waals surface area contributed by atoms with Crippen molar-refractivity contribution in [3.8, 4) is 0 Å². The third-order valence-electron chi connectivity index (χ3n) is 2.70. The summed E-state index contributed by atoms with van der Waals surface area (Å²) in [5.74, 6) is 0.216. The monoisotopic (exact) mass is 224 g/mol. The summed E-state index contributed by atoms with van der Waals surface area (Å²) in [6.07, 6.45) is 1.08. The van der Waals surface area contributed by atoms with E-state index in [0.29, 0.717) is 0 Å². The Labute approximate surface area is 94.1 Å². The average Bonchev–Trinajstić information content (AvgIpc) is 2.81. The summed E-state index contributed by atoms with van der Waals surface area (Å²) < 4.78 is 0. The number of carbonyl (C=O) groups is 1. The maximum Gasteiger partial charge on any atom is 0.241 e. The van der Waals surface area contributed by atoms with Gasteiger partial charge in [0, 0.05) is 6.54 Å². The molecule has 1 N–H and O–H groups in total. The maximum atomic E-state index is 11.9. The molecule has 82 valence electrons. The van der Waals surface area contributed by atoms with Crippen molar-refractivity contribution in [3.05, 3.63) is 22.4 Å². The Morgan fingerprint density at radius 1 is 1.60 bits per heavy atom. The fourth-order valence-corrected chi connectivity index (χ4v) is 2.64. The molecule has 0 bridgehead atoms. The lowest BCUT2D eigenvalue weighted by Crippen LogP contribution is -2.31. The van der Waals surface area contributed by atoms with Gasteiger partial charge >= 0.3 is 0 Å². The van der Waals surface area contributed by atoms with Crippen molar-refractivity contribution in [2.24, 2.45) is 0 Å². The predicted octanol–water partition coefficient (Wildman–Crippen LogP) is 1.98. The van der Waals surface area contributed by atoms with Crippen LogP contribution in [0.1, 0.15) is 32.0 Å². The maximum absolute atomic E-state index is 11.9. The molecule has 1 saturated heterocycles. The largest absolute Gasteiger partial charge is 0.322 e. The number of hydrogen-bond acceptors (Lipinski definition) is 3. The molecular weight excluding hydrogens is 208 g/mol. The molecule has 3 nitrogen and oxygen atoms in total. The van der Waals surface area contributed by atoms with Gasteiger partial charge in [-0.3, -0.25) is 10.1 Å². The van der Waals surface area contributed by atoms with Crippen LogP contribution in [0.5, 0.6) is 0 Å². The second kappa shape index (κ2) is 4.33. The lowest BCUT2D eigenvalue weighted by molar-refractivity contribution is -0.129. The summed E-state index contributed by atoms with van der Waals surface area (Å²) in [6.45, 7) is 4.86.